The topological polar surface area (TPSA) is 37.0 Å². The zero-order chi connectivity index (χ0) is 11.1. The van der Waals surface area contributed by atoms with Gasteiger partial charge < -0.3 is 0 Å². The van der Waals surface area contributed by atoms with Gasteiger partial charge in [-0.05, 0) is 12.5 Å². The average molecular weight is 231 g/mol. The standard InChI is InChI=1S/C12H11N2OS/c1-2-11-13-9-7-14(15)10-6-4-3-5-8(10)12(9)16-11/h3-7,15H,2H2,1H3/q+1. The molecule has 0 aliphatic carbocycles. The van der Waals surface area contributed by atoms with Crippen LogP contribution in [0.1, 0.15) is 11.9 Å². The van der Waals surface area contributed by atoms with Gasteiger partial charge in [0.2, 0.25) is 6.20 Å². The van der Waals surface area contributed by atoms with Crippen molar-refractivity contribution in [2.24, 2.45) is 0 Å². The highest BCUT2D eigenvalue weighted by Gasteiger charge is 2.15. The van der Waals surface area contributed by atoms with Crippen LogP contribution in [-0.4, -0.2) is 10.2 Å². The predicted molar refractivity (Wildman–Crippen MR) is 63.9 cm³/mol. The lowest BCUT2D eigenvalue weighted by molar-refractivity contribution is -0.883. The first-order valence-corrected chi connectivity index (χ1v) is 6.03. The zero-order valence-electron chi connectivity index (χ0n) is 8.84. The highest BCUT2D eigenvalue weighted by molar-refractivity contribution is 7.19. The van der Waals surface area contributed by atoms with Crippen molar-refractivity contribution in [1.29, 1.82) is 0 Å². The van der Waals surface area contributed by atoms with Gasteiger partial charge in [0, 0.05) is 10.8 Å². The molecule has 1 aromatic carbocycles. The molecule has 0 fully saturated rings. The number of thiazole rings is 1. The maximum Gasteiger partial charge on any atom is 0.266 e. The number of benzene rings is 1. The lowest BCUT2D eigenvalue weighted by Gasteiger charge is -1.93. The molecule has 2 heterocycles. The Balaban J connectivity index is 2.52. The first kappa shape index (κ1) is 9.54. The fourth-order valence-electron chi connectivity index (χ4n) is 1.86. The van der Waals surface area contributed by atoms with Crippen LogP contribution in [0.15, 0.2) is 30.5 Å². The molecular formula is C12H11N2OS+. The predicted octanol–water partition coefficient (Wildman–Crippen LogP) is 2.54. The van der Waals surface area contributed by atoms with Gasteiger partial charge in [-0.15, -0.1) is 11.3 Å². The molecule has 0 spiro atoms. The molecule has 4 heteroatoms. The summed E-state index contributed by atoms with van der Waals surface area (Å²) in [5.74, 6) is 0. The number of hydrogen-bond donors (Lipinski definition) is 1. The van der Waals surface area contributed by atoms with Gasteiger partial charge in [0.15, 0.2) is 5.52 Å². The molecule has 2 aromatic heterocycles. The molecule has 0 radical (unpaired) electrons. The van der Waals surface area contributed by atoms with Crippen LogP contribution in [0.4, 0.5) is 0 Å². The summed E-state index contributed by atoms with van der Waals surface area (Å²) in [6.45, 7) is 2.09. The summed E-state index contributed by atoms with van der Waals surface area (Å²) in [5, 5.41) is 12.0. The summed E-state index contributed by atoms with van der Waals surface area (Å²) in [6, 6.07) is 7.82. The molecule has 16 heavy (non-hydrogen) atoms. The molecule has 0 saturated carbocycles. The number of aryl methyl sites for hydroxylation is 1. The third-order valence-electron chi connectivity index (χ3n) is 2.64. The van der Waals surface area contributed by atoms with Crippen LogP contribution in [0.3, 0.4) is 0 Å². The molecule has 0 aliphatic heterocycles. The largest absolute Gasteiger partial charge is 0.284 e. The van der Waals surface area contributed by atoms with E-state index in [-0.39, 0.29) is 0 Å². The minimum Gasteiger partial charge on any atom is -0.284 e. The Morgan fingerprint density at radius 2 is 2.19 bits per heavy atom. The first-order chi connectivity index (χ1) is 7.79. The third kappa shape index (κ3) is 1.27. The van der Waals surface area contributed by atoms with Gasteiger partial charge >= 0.3 is 0 Å². The van der Waals surface area contributed by atoms with Crippen molar-refractivity contribution in [3.63, 3.8) is 0 Å². The molecule has 0 saturated heterocycles. The highest BCUT2D eigenvalue weighted by atomic mass is 32.1. The molecule has 3 rings (SSSR count). The number of rotatable bonds is 1. The fraction of sp³-hybridized carbons (Fsp3) is 0.167. The monoisotopic (exact) mass is 231 g/mol. The summed E-state index contributed by atoms with van der Waals surface area (Å²) >= 11 is 1.70. The fourth-order valence-corrected chi connectivity index (χ4v) is 2.87. The first-order valence-electron chi connectivity index (χ1n) is 5.21. The molecule has 3 nitrogen and oxygen atoms in total. The van der Waals surface area contributed by atoms with Crippen LogP contribution in [-0.2, 0) is 6.42 Å². The number of fused-ring (bicyclic) bond motifs is 3. The Labute approximate surface area is 96.6 Å². The van der Waals surface area contributed by atoms with E-state index in [1.807, 2.05) is 24.3 Å². The summed E-state index contributed by atoms with van der Waals surface area (Å²) in [4.78, 5) is 4.48. The van der Waals surface area contributed by atoms with E-state index in [4.69, 9.17) is 0 Å². The number of para-hydroxylation sites is 1. The summed E-state index contributed by atoms with van der Waals surface area (Å²) in [6.07, 6.45) is 2.60. The van der Waals surface area contributed by atoms with Crippen LogP contribution in [0.2, 0.25) is 0 Å². The van der Waals surface area contributed by atoms with Crippen molar-refractivity contribution < 1.29 is 9.94 Å². The van der Waals surface area contributed by atoms with Crippen molar-refractivity contribution in [2.45, 2.75) is 13.3 Å². The molecule has 1 N–H and O–H groups in total. The van der Waals surface area contributed by atoms with E-state index in [9.17, 15) is 5.21 Å². The van der Waals surface area contributed by atoms with Crippen molar-refractivity contribution in [1.82, 2.24) is 4.98 Å². The van der Waals surface area contributed by atoms with Crippen LogP contribution in [0.25, 0.3) is 21.1 Å². The van der Waals surface area contributed by atoms with E-state index in [0.717, 1.165) is 37.3 Å². The van der Waals surface area contributed by atoms with Gasteiger partial charge in [0.25, 0.3) is 5.52 Å². The second kappa shape index (κ2) is 3.42. The Kier molecular flexibility index (Phi) is 2.04. The summed E-state index contributed by atoms with van der Waals surface area (Å²) < 4.78 is 2.30. The Morgan fingerprint density at radius 3 is 3.00 bits per heavy atom. The number of pyridine rings is 1. The zero-order valence-corrected chi connectivity index (χ0v) is 9.66. The van der Waals surface area contributed by atoms with E-state index < -0.39 is 0 Å². The SMILES string of the molecule is CCc1nc2c[n+](O)c3ccccc3c2s1. The van der Waals surface area contributed by atoms with Crippen molar-refractivity contribution in [3.8, 4) is 0 Å². The minimum atomic E-state index is 0.821. The lowest BCUT2D eigenvalue weighted by atomic mass is 10.2. The Bertz CT molecular complexity index is 675. The maximum atomic E-state index is 9.83. The minimum absolute atomic E-state index is 0.821. The summed E-state index contributed by atoms with van der Waals surface area (Å²) in [5.41, 5.74) is 1.68. The van der Waals surface area contributed by atoms with Crippen molar-refractivity contribution in [3.05, 3.63) is 35.5 Å². The normalized spacial score (nSPS) is 11.3. The molecule has 3 aromatic rings. The van der Waals surface area contributed by atoms with Crippen LogP contribution >= 0.6 is 11.3 Å². The third-order valence-corrected chi connectivity index (χ3v) is 3.89. The molecule has 0 aliphatic rings. The van der Waals surface area contributed by atoms with Gasteiger partial charge in [-0.25, -0.2) is 4.98 Å². The van der Waals surface area contributed by atoms with Gasteiger partial charge in [-0.2, -0.15) is 0 Å². The van der Waals surface area contributed by atoms with Crippen LogP contribution in [0, 0.1) is 0 Å². The van der Waals surface area contributed by atoms with Crippen LogP contribution < -0.4 is 4.73 Å². The van der Waals surface area contributed by atoms with Crippen molar-refractivity contribution >= 4 is 32.5 Å². The van der Waals surface area contributed by atoms with Gasteiger partial charge in [-0.1, -0.05) is 19.1 Å². The number of hydrogen-bond acceptors (Lipinski definition) is 3. The quantitative estimate of drug-likeness (QED) is 0.516. The summed E-state index contributed by atoms with van der Waals surface area (Å²) in [7, 11) is 0. The Hall–Kier alpha value is -1.68. The van der Waals surface area contributed by atoms with Crippen molar-refractivity contribution in [2.75, 3.05) is 0 Å². The smallest absolute Gasteiger partial charge is 0.266 e. The van der Waals surface area contributed by atoms with E-state index in [2.05, 4.69) is 11.9 Å². The molecule has 0 atom stereocenters. The van der Waals surface area contributed by atoms with E-state index in [1.54, 1.807) is 17.5 Å². The highest BCUT2D eigenvalue weighted by Crippen LogP contribution is 2.27. The second-order valence-electron chi connectivity index (χ2n) is 3.67. The van der Waals surface area contributed by atoms with E-state index in [0.29, 0.717) is 0 Å². The lowest BCUT2D eigenvalue weighted by Crippen LogP contribution is -2.30. The van der Waals surface area contributed by atoms with E-state index >= 15 is 0 Å². The van der Waals surface area contributed by atoms with E-state index in [1.165, 1.54) is 0 Å². The number of nitrogens with zero attached hydrogens (tertiary/aromatic N) is 2. The molecular weight excluding hydrogens is 220 g/mol. The van der Waals surface area contributed by atoms with Gasteiger partial charge in [-0.3, -0.25) is 5.21 Å². The average Bonchev–Trinajstić information content (AvgIpc) is 2.72. The van der Waals surface area contributed by atoms with Crippen LogP contribution in [0.5, 0.6) is 0 Å². The molecule has 0 bridgehead atoms. The number of aromatic nitrogens is 2. The maximum absolute atomic E-state index is 9.83. The second-order valence-corrected chi connectivity index (χ2v) is 4.75. The Morgan fingerprint density at radius 1 is 1.38 bits per heavy atom. The molecule has 0 unspecified atom stereocenters. The van der Waals surface area contributed by atoms with Gasteiger partial charge in [0.1, 0.15) is 0 Å². The van der Waals surface area contributed by atoms with Gasteiger partial charge in [0.05, 0.1) is 15.1 Å². The molecule has 0 amide bonds. The molecule has 80 valence electrons.